The van der Waals surface area contributed by atoms with Gasteiger partial charge in [0.2, 0.25) is 5.95 Å². The Labute approximate surface area is 179 Å². The molecule has 0 radical (unpaired) electrons. The molecule has 164 valence electrons. The van der Waals surface area contributed by atoms with E-state index in [2.05, 4.69) is 20.4 Å². The van der Waals surface area contributed by atoms with Gasteiger partial charge in [-0.3, -0.25) is 9.59 Å². The number of nitrogens with one attached hydrogen (secondary N) is 3. The first-order valence-electron chi connectivity index (χ1n) is 9.44. The van der Waals surface area contributed by atoms with E-state index in [4.69, 9.17) is 0 Å². The zero-order chi connectivity index (χ0) is 22.9. The first-order valence-corrected chi connectivity index (χ1v) is 9.44. The van der Waals surface area contributed by atoms with Gasteiger partial charge in [-0.15, -0.1) is 5.10 Å². The number of alkyl halides is 3. The Kier molecular flexibility index (Phi) is 5.39. The Morgan fingerprint density at radius 3 is 2.75 bits per heavy atom. The average Bonchev–Trinajstić information content (AvgIpc) is 3.12. The summed E-state index contributed by atoms with van der Waals surface area (Å²) in [5, 5.41) is 10.6. The molecule has 2 aromatic heterocycles. The average molecular weight is 442 g/mol. The number of amides is 1. The van der Waals surface area contributed by atoms with E-state index in [1.165, 1.54) is 16.8 Å². The molecule has 4 rings (SSSR count). The van der Waals surface area contributed by atoms with E-state index in [1.807, 2.05) is 5.32 Å². The lowest BCUT2D eigenvalue weighted by atomic mass is 10.1. The summed E-state index contributed by atoms with van der Waals surface area (Å²) < 4.78 is 38.5. The summed E-state index contributed by atoms with van der Waals surface area (Å²) in [6.07, 6.45) is -2.93. The number of rotatable bonds is 5. The van der Waals surface area contributed by atoms with Crippen molar-refractivity contribution in [1.29, 1.82) is 0 Å². The van der Waals surface area contributed by atoms with Crippen LogP contribution in [-0.2, 0) is 7.05 Å². The van der Waals surface area contributed by atoms with Crippen molar-refractivity contribution in [3.05, 3.63) is 70.6 Å². The number of nitrogens with zero attached hydrogens (tertiary/aromatic N) is 3. The van der Waals surface area contributed by atoms with Gasteiger partial charge < -0.3 is 15.6 Å². The van der Waals surface area contributed by atoms with Crippen molar-refractivity contribution >= 4 is 28.3 Å². The third kappa shape index (κ3) is 4.61. The molecule has 0 bridgehead atoms. The number of fused-ring (bicyclic) bond motifs is 1. The molecule has 0 atom stereocenters. The highest BCUT2D eigenvalue weighted by Crippen LogP contribution is 2.23. The number of carbonyl (C=O) groups is 1. The van der Waals surface area contributed by atoms with Crippen LogP contribution in [0.5, 0.6) is 0 Å². The number of hydrogen-bond acceptors (Lipinski definition) is 5. The molecule has 0 saturated carbocycles. The van der Waals surface area contributed by atoms with E-state index in [0.717, 1.165) is 5.39 Å². The molecule has 32 heavy (non-hydrogen) atoms. The van der Waals surface area contributed by atoms with Crippen molar-refractivity contribution in [2.45, 2.75) is 6.18 Å². The zero-order valence-corrected chi connectivity index (χ0v) is 16.7. The lowest BCUT2D eigenvalue weighted by Gasteiger charge is -2.08. The van der Waals surface area contributed by atoms with Crippen LogP contribution in [0.1, 0.15) is 10.4 Å². The lowest BCUT2D eigenvalue weighted by molar-refractivity contribution is -0.123. The summed E-state index contributed by atoms with van der Waals surface area (Å²) in [6, 6.07) is 13.0. The Morgan fingerprint density at radius 2 is 1.97 bits per heavy atom. The van der Waals surface area contributed by atoms with Gasteiger partial charge in [0.1, 0.15) is 6.54 Å². The highest BCUT2D eigenvalue weighted by Gasteiger charge is 2.28. The fourth-order valence-corrected chi connectivity index (χ4v) is 3.10. The summed E-state index contributed by atoms with van der Waals surface area (Å²) in [5.41, 5.74) is 1.03. The molecule has 0 saturated heterocycles. The Balaban J connectivity index is 1.56. The third-order valence-corrected chi connectivity index (χ3v) is 4.63. The molecule has 8 nitrogen and oxygen atoms in total. The SMILES string of the molecule is Cn1nc(-c2cccc(C(=O)NCC(F)(F)F)c2)nc1Nc1ccc2c(=O)[nH]ccc2c1. The van der Waals surface area contributed by atoms with Gasteiger partial charge >= 0.3 is 6.18 Å². The van der Waals surface area contributed by atoms with Gasteiger partial charge in [-0.05, 0) is 41.8 Å². The molecule has 3 N–H and O–H groups in total. The molecule has 0 aliphatic heterocycles. The van der Waals surface area contributed by atoms with Crippen LogP contribution in [0.2, 0.25) is 0 Å². The van der Waals surface area contributed by atoms with E-state index in [9.17, 15) is 22.8 Å². The Morgan fingerprint density at radius 1 is 1.16 bits per heavy atom. The standard InChI is InChI=1S/C21H17F3N6O2/c1-30-20(27-15-5-6-16-12(10-15)7-8-25-19(16)32)28-17(29-30)13-3-2-4-14(9-13)18(31)26-11-21(22,23)24/h2-10H,11H2,1H3,(H,25,32)(H,26,31)(H,27,28,29). The first-order chi connectivity index (χ1) is 15.2. The Bertz CT molecular complexity index is 1360. The predicted octanol–water partition coefficient (Wildman–Crippen LogP) is 3.36. The molecule has 0 unspecified atom stereocenters. The molecule has 4 aromatic rings. The van der Waals surface area contributed by atoms with Gasteiger partial charge in [0.15, 0.2) is 5.82 Å². The van der Waals surface area contributed by atoms with Gasteiger partial charge in [-0.2, -0.15) is 18.2 Å². The van der Waals surface area contributed by atoms with Crippen molar-refractivity contribution in [2.24, 2.45) is 7.05 Å². The van der Waals surface area contributed by atoms with E-state index in [0.29, 0.717) is 22.6 Å². The molecular weight excluding hydrogens is 425 g/mol. The smallest absolute Gasteiger partial charge is 0.343 e. The van der Waals surface area contributed by atoms with Crippen LogP contribution in [-0.4, -0.2) is 38.4 Å². The van der Waals surface area contributed by atoms with Crippen molar-refractivity contribution in [1.82, 2.24) is 25.1 Å². The fraction of sp³-hybridized carbons (Fsp3) is 0.143. The highest BCUT2D eigenvalue weighted by molar-refractivity contribution is 5.95. The number of benzene rings is 2. The summed E-state index contributed by atoms with van der Waals surface area (Å²) in [6.45, 7) is -1.41. The van der Waals surface area contributed by atoms with Gasteiger partial charge in [-0.1, -0.05) is 12.1 Å². The number of pyridine rings is 1. The van der Waals surface area contributed by atoms with E-state index in [-0.39, 0.29) is 16.9 Å². The summed E-state index contributed by atoms with van der Waals surface area (Å²) in [5.74, 6) is -0.154. The van der Waals surface area contributed by atoms with E-state index >= 15 is 0 Å². The fourth-order valence-electron chi connectivity index (χ4n) is 3.10. The lowest BCUT2D eigenvalue weighted by Crippen LogP contribution is -2.33. The number of aromatic amines is 1. The van der Waals surface area contributed by atoms with Gasteiger partial charge in [0, 0.05) is 35.4 Å². The van der Waals surface area contributed by atoms with E-state index in [1.54, 1.807) is 49.6 Å². The second-order valence-electron chi connectivity index (χ2n) is 7.00. The summed E-state index contributed by atoms with van der Waals surface area (Å²) in [7, 11) is 1.67. The number of hydrogen-bond donors (Lipinski definition) is 3. The van der Waals surface area contributed by atoms with Crippen LogP contribution in [0.15, 0.2) is 59.5 Å². The monoisotopic (exact) mass is 442 g/mol. The minimum absolute atomic E-state index is 0.0634. The molecule has 1 amide bonds. The largest absolute Gasteiger partial charge is 0.405 e. The van der Waals surface area contributed by atoms with Crippen molar-refractivity contribution in [2.75, 3.05) is 11.9 Å². The maximum Gasteiger partial charge on any atom is 0.405 e. The zero-order valence-electron chi connectivity index (χ0n) is 16.7. The van der Waals surface area contributed by atoms with Gasteiger partial charge in [0.25, 0.3) is 11.5 Å². The second kappa shape index (κ2) is 8.17. The van der Waals surface area contributed by atoms with Crippen LogP contribution in [0.4, 0.5) is 24.8 Å². The number of aryl methyl sites for hydroxylation is 1. The molecule has 2 aromatic carbocycles. The molecule has 0 fully saturated rings. The topological polar surface area (TPSA) is 105 Å². The number of anilines is 2. The van der Waals surface area contributed by atoms with Crippen LogP contribution in [0.3, 0.4) is 0 Å². The predicted molar refractivity (Wildman–Crippen MR) is 113 cm³/mol. The molecule has 0 spiro atoms. The minimum atomic E-state index is -4.49. The minimum Gasteiger partial charge on any atom is -0.343 e. The Hall–Kier alpha value is -4.15. The number of carbonyl (C=O) groups excluding carboxylic acids is 1. The van der Waals surface area contributed by atoms with Crippen molar-refractivity contribution in [3.8, 4) is 11.4 Å². The second-order valence-corrected chi connectivity index (χ2v) is 7.00. The maximum absolute atomic E-state index is 12.3. The number of H-pyrrole nitrogens is 1. The van der Waals surface area contributed by atoms with Crippen LogP contribution in [0.25, 0.3) is 22.2 Å². The molecule has 11 heteroatoms. The molecule has 2 heterocycles. The van der Waals surface area contributed by atoms with Crippen molar-refractivity contribution < 1.29 is 18.0 Å². The quantitative estimate of drug-likeness (QED) is 0.440. The summed E-state index contributed by atoms with van der Waals surface area (Å²) >= 11 is 0. The highest BCUT2D eigenvalue weighted by atomic mass is 19.4. The van der Waals surface area contributed by atoms with Crippen LogP contribution in [0, 0.1) is 0 Å². The van der Waals surface area contributed by atoms with E-state index < -0.39 is 18.6 Å². The summed E-state index contributed by atoms with van der Waals surface area (Å²) in [4.78, 5) is 30.9. The number of halogens is 3. The molecular formula is C21H17F3N6O2. The molecule has 0 aliphatic rings. The first kappa shape index (κ1) is 21.1. The maximum atomic E-state index is 12.3. The molecule has 0 aliphatic carbocycles. The van der Waals surface area contributed by atoms with Crippen molar-refractivity contribution in [3.63, 3.8) is 0 Å². The number of aromatic nitrogens is 4. The van der Waals surface area contributed by atoms with Gasteiger partial charge in [-0.25, -0.2) is 4.68 Å². The van der Waals surface area contributed by atoms with Crippen LogP contribution >= 0.6 is 0 Å². The van der Waals surface area contributed by atoms with Gasteiger partial charge in [0.05, 0.1) is 0 Å². The normalized spacial score (nSPS) is 11.5. The third-order valence-electron chi connectivity index (χ3n) is 4.63. The van der Waals surface area contributed by atoms with Crippen LogP contribution < -0.4 is 16.2 Å².